The fourth-order valence-electron chi connectivity index (χ4n) is 1.94. The molecule has 1 N–H and O–H groups in total. The van der Waals surface area contributed by atoms with Gasteiger partial charge in [-0.15, -0.1) is 0 Å². The highest BCUT2D eigenvalue weighted by Gasteiger charge is 2.17. The number of benzene rings is 2. The van der Waals surface area contributed by atoms with E-state index < -0.39 is 10.7 Å². The van der Waals surface area contributed by atoms with Crippen molar-refractivity contribution in [2.75, 3.05) is 24.3 Å². The number of nitrogens with zero attached hydrogens (tertiary/aromatic N) is 2. The second-order valence-electron chi connectivity index (χ2n) is 4.81. The minimum Gasteiger partial charge on any atom is -0.378 e. The fourth-order valence-corrected chi connectivity index (χ4v) is 1.94. The van der Waals surface area contributed by atoms with Gasteiger partial charge in [0.2, 0.25) is 0 Å². The summed E-state index contributed by atoms with van der Waals surface area (Å²) >= 11 is 0. The van der Waals surface area contributed by atoms with Gasteiger partial charge >= 0.3 is 0 Å². The molecule has 0 aliphatic heterocycles. The normalized spacial score (nSPS) is 10.2. The minimum atomic E-state index is -0.630. The lowest BCUT2D eigenvalue weighted by atomic mass is 10.2. The van der Waals surface area contributed by atoms with Gasteiger partial charge in [-0.25, -0.2) is 4.39 Å². The van der Waals surface area contributed by atoms with Crippen LogP contribution in [0.4, 0.5) is 21.5 Å². The van der Waals surface area contributed by atoms with Crippen LogP contribution in [0.1, 0.15) is 5.56 Å². The molecule has 0 saturated heterocycles. The number of nitro benzene ring substituents is 1. The Morgan fingerprint density at radius 2 is 1.86 bits per heavy atom. The van der Waals surface area contributed by atoms with Gasteiger partial charge in [-0.3, -0.25) is 10.1 Å². The van der Waals surface area contributed by atoms with Crippen LogP contribution in [-0.4, -0.2) is 19.0 Å². The van der Waals surface area contributed by atoms with E-state index in [0.29, 0.717) is 6.54 Å². The van der Waals surface area contributed by atoms with Crippen LogP contribution in [-0.2, 0) is 6.54 Å². The summed E-state index contributed by atoms with van der Waals surface area (Å²) in [7, 11) is 3.88. The summed E-state index contributed by atoms with van der Waals surface area (Å²) < 4.78 is 13.7. The maximum atomic E-state index is 13.7. The summed E-state index contributed by atoms with van der Waals surface area (Å²) in [4.78, 5) is 12.3. The molecule has 2 aromatic rings. The highest BCUT2D eigenvalue weighted by Crippen LogP contribution is 2.27. The van der Waals surface area contributed by atoms with Gasteiger partial charge in [0.25, 0.3) is 5.69 Å². The average Bonchev–Trinajstić information content (AvgIpc) is 2.46. The molecule has 0 amide bonds. The molecule has 0 unspecified atom stereocenters. The van der Waals surface area contributed by atoms with Crippen LogP contribution in [0.2, 0.25) is 0 Å². The van der Waals surface area contributed by atoms with Crippen LogP contribution >= 0.6 is 0 Å². The summed E-state index contributed by atoms with van der Waals surface area (Å²) in [6.07, 6.45) is 0. The molecule has 0 aliphatic rings. The topological polar surface area (TPSA) is 58.4 Å². The first-order valence-electron chi connectivity index (χ1n) is 6.42. The molecule has 0 atom stereocenters. The minimum absolute atomic E-state index is 0.0841. The van der Waals surface area contributed by atoms with Crippen molar-refractivity contribution >= 4 is 17.1 Å². The van der Waals surface area contributed by atoms with Crippen LogP contribution < -0.4 is 10.2 Å². The Morgan fingerprint density at radius 1 is 1.19 bits per heavy atom. The van der Waals surface area contributed by atoms with Crippen molar-refractivity contribution in [3.05, 3.63) is 64.0 Å². The summed E-state index contributed by atoms with van der Waals surface area (Å²) in [5.41, 5.74) is 1.62. The third-order valence-corrected chi connectivity index (χ3v) is 3.11. The van der Waals surface area contributed by atoms with Crippen LogP contribution in [0, 0.1) is 15.9 Å². The van der Waals surface area contributed by atoms with Gasteiger partial charge in [-0.05, 0) is 23.8 Å². The van der Waals surface area contributed by atoms with E-state index in [1.54, 1.807) is 0 Å². The van der Waals surface area contributed by atoms with Gasteiger partial charge in [-0.1, -0.05) is 18.2 Å². The van der Waals surface area contributed by atoms with Gasteiger partial charge in [0.05, 0.1) is 4.92 Å². The monoisotopic (exact) mass is 289 g/mol. The van der Waals surface area contributed by atoms with Crippen LogP contribution in [0.15, 0.2) is 42.5 Å². The molecular formula is C15H16FN3O2. The van der Waals surface area contributed by atoms with E-state index in [1.807, 2.05) is 43.3 Å². The van der Waals surface area contributed by atoms with Crippen molar-refractivity contribution < 1.29 is 9.31 Å². The van der Waals surface area contributed by atoms with Crippen molar-refractivity contribution in [1.29, 1.82) is 0 Å². The van der Waals surface area contributed by atoms with Crippen molar-refractivity contribution in [3.63, 3.8) is 0 Å². The largest absolute Gasteiger partial charge is 0.378 e. The number of halogens is 1. The van der Waals surface area contributed by atoms with Crippen LogP contribution in [0.5, 0.6) is 0 Å². The molecule has 0 radical (unpaired) electrons. The van der Waals surface area contributed by atoms with Crippen molar-refractivity contribution in [2.45, 2.75) is 6.54 Å². The SMILES string of the molecule is CN(C)c1ccc(CNc2c(F)cccc2[N+](=O)[O-])cc1. The van der Waals surface area contributed by atoms with E-state index in [4.69, 9.17) is 0 Å². The Hall–Kier alpha value is -2.63. The van der Waals surface area contributed by atoms with E-state index in [0.717, 1.165) is 11.3 Å². The van der Waals surface area contributed by atoms with Crippen molar-refractivity contribution in [3.8, 4) is 0 Å². The number of nitro groups is 1. The molecule has 2 aromatic carbocycles. The summed E-state index contributed by atoms with van der Waals surface area (Å²) in [5, 5.41) is 13.7. The predicted molar refractivity (Wildman–Crippen MR) is 81.2 cm³/mol. The van der Waals surface area contributed by atoms with Gasteiger partial charge in [0, 0.05) is 32.4 Å². The molecular weight excluding hydrogens is 273 g/mol. The Balaban J connectivity index is 2.15. The summed E-state index contributed by atoms with van der Waals surface area (Å²) in [5.74, 6) is -0.630. The van der Waals surface area contributed by atoms with E-state index >= 15 is 0 Å². The quantitative estimate of drug-likeness (QED) is 0.677. The molecule has 0 heterocycles. The van der Waals surface area contributed by atoms with Gasteiger partial charge in [-0.2, -0.15) is 0 Å². The predicted octanol–water partition coefficient (Wildman–Crippen LogP) is 3.41. The summed E-state index contributed by atoms with van der Waals surface area (Å²) in [6, 6.07) is 11.5. The second kappa shape index (κ2) is 6.21. The van der Waals surface area contributed by atoms with Gasteiger partial charge < -0.3 is 10.2 Å². The second-order valence-corrected chi connectivity index (χ2v) is 4.81. The molecule has 0 aliphatic carbocycles. The molecule has 0 fully saturated rings. The fraction of sp³-hybridized carbons (Fsp3) is 0.200. The van der Waals surface area contributed by atoms with Crippen molar-refractivity contribution in [1.82, 2.24) is 0 Å². The van der Waals surface area contributed by atoms with E-state index in [1.165, 1.54) is 18.2 Å². The zero-order valence-corrected chi connectivity index (χ0v) is 11.8. The Bertz CT molecular complexity index is 642. The van der Waals surface area contributed by atoms with Gasteiger partial charge in [0.15, 0.2) is 5.82 Å². The maximum Gasteiger partial charge on any atom is 0.295 e. The lowest BCUT2D eigenvalue weighted by Crippen LogP contribution is -2.09. The van der Waals surface area contributed by atoms with Gasteiger partial charge in [0.1, 0.15) is 5.69 Å². The molecule has 0 bridgehead atoms. The Morgan fingerprint density at radius 3 is 2.43 bits per heavy atom. The lowest BCUT2D eigenvalue weighted by molar-refractivity contribution is -0.384. The Labute approximate surface area is 122 Å². The molecule has 5 nitrogen and oxygen atoms in total. The van der Waals surface area contributed by atoms with Crippen LogP contribution in [0.25, 0.3) is 0 Å². The highest BCUT2D eigenvalue weighted by molar-refractivity contribution is 5.62. The molecule has 0 saturated carbocycles. The molecule has 0 spiro atoms. The Kier molecular flexibility index (Phi) is 4.37. The number of hydrogen-bond donors (Lipinski definition) is 1. The van der Waals surface area contributed by atoms with Crippen LogP contribution in [0.3, 0.4) is 0 Å². The first-order chi connectivity index (χ1) is 9.99. The van der Waals surface area contributed by atoms with E-state index in [2.05, 4.69) is 5.32 Å². The summed E-state index contributed by atoms with van der Waals surface area (Å²) in [6.45, 7) is 0.315. The number of anilines is 2. The van der Waals surface area contributed by atoms with E-state index in [9.17, 15) is 14.5 Å². The molecule has 110 valence electrons. The number of rotatable bonds is 5. The average molecular weight is 289 g/mol. The zero-order valence-electron chi connectivity index (χ0n) is 11.8. The number of hydrogen-bond acceptors (Lipinski definition) is 4. The zero-order chi connectivity index (χ0) is 15.4. The van der Waals surface area contributed by atoms with E-state index in [-0.39, 0.29) is 11.4 Å². The molecule has 6 heteroatoms. The molecule has 0 aromatic heterocycles. The smallest absolute Gasteiger partial charge is 0.295 e. The first-order valence-corrected chi connectivity index (χ1v) is 6.42. The molecule has 21 heavy (non-hydrogen) atoms. The first kappa shape index (κ1) is 14.8. The lowest BCUT2D eigenvalue weighted by Gasteiger charge is -2.13. The molecule has 2 rings (SSSR count). The number of nitrogens with one attached hydrogen (secondary N) is 1. The maximum absolute atomic E-state index is 13.7. The third-order valence-electron chi connectivity index (χ3n) is 3.11. The third kappa shape index (κ3) is 3.47. The number of para-hydroxylation sites is 1. The standard InChI is InChI=1S/C15H16FN3O2/c1-18(2)12-8-6-11(7-9-12)10-17-15-13(16)4-3-5-14(15)19(20)21/h3-9,17H,10H2,1-2H3. The van der Waals surface area contributed by atoms with Crippen molar-refractivity contribution in [2.24, 2.45) is 0 Å². The highest BCUT2D eigenvalue weighted by atomic mass is 19.1.